The average molecular weight is 281 g/mol. The molecule has 6 nitrogen and oxygen atoms in total. The van der Waals surface area contributed by atoms with Gasteiger partial charge in [-0.15, -0.1) is 0 Å². The van der Waals surface area contributed by atoms with Crippen molar-refractivity contribution in [2.24, 2.45) is 5.92 Å². The van der Waals surface area contributed by atoms with Crippen molar-refractivity contribution in [1.29, 1.82) is 0 Å². The Bertz CT molecular complexity index is 705. The van der Waals surface area contributed by atoms with Crippen LogP contribution in [0.15, 0.2) is 25.4 Å². The van der Waals surface area contributed by atoms with E-state index in [1.807, 2.05) is 6.26 Å². The Hall–Kier alpha value is -1.63. The van der Waals surface area contributed by atoms with Crippen LogP contribution in [0.25, 0.3) is 11.0 Å². The maximum atomic E-state index is 11.8. The SMILES string of the molecule is CSc1ncc2c(=O)oc(=O)n(CCC(C)C)c2n1. The first kappa shape index (κ1) is 13.8. The van der Waals surface area contributed by atoms with Gasteiger partial charge in [0.1, 0.15) is 5.39 Å². The summed E-state index contributed by atoms with van der Waals surface area (Å²) >= 11 is 1.36. The van der Waals surface area contributed by atoms with Gasteiger partial charge in [0.25, 0.3) is 0 Å². The van der Waals surface area contributed by atoms with Gasteiger partial charge in [-0.1, -0.05) is 25.6 Å². The monoisotopic (exact) mass is 281 g/mol. The Balaban J connectivity index is 2.66. The summed E-state index contributed by atoms with van der Waals surface area (Å²) in [6.45, 7) is 4.60. The average Bonchev–Trinajstić information content (AvgIpc) is 2.37. The van der Waals surface area contributed by atoms with E-state index in [1.54, 1.807) is 0 Å². The van der Waals surface area contributed by atoms with Gasteiger partial charge < -0.3 is 4.42 Å². The fourth-order valence-corrected chi connectivity index (χ4v) is 2.00. The van der Waals surface area contributed by atoms with Gasteiger partial charge in [-0.3, -0.25) is 4.57 Å². The number of nitrogens with zero attached hydrogens (tertiary/aromatic N) is 3. The second kappa shape index (κ2) is 5.56. The molecule has 0 aromatic carbocycles. The Morgan fingerprint density at radius 1 is 1.42 bits per heavy atom. The molecule has 0 N–H and O–H groups in total. The molecule has 2 aromatic rings. The lowest BCUT2D eigenvalue weighted by molar-refractivity contribution is 0.397. The van der Waals surface area contributed by atoms with Crippen LogP contribution in [0, 0.1) is 5.92 Å². The molecule has 0 radical (unpaired) electrons. The van der Waals surface area contributed by atoms with E-state index in [2.05, 4.69) is 23.8 Å². The van der Waals surface area contributed by atoms with Crippen molar-refractivity contribution < 1.29 is 4.42 Å². The lowest BCUT2D eigenvalue weighted by atomic mass is 10.1. The van der Waals surface area contributed by atoms with Gasteiger partial charge in [-0.05, 0) is 18.6 Å². The number of aryl methyl sites for hydroxylation is 1. The van der Waals surface area contributed by atoms with E-state index in [-0.39, 0.29) is 5.39 Å². The van der Waals surface area contributed by atoms with Crippen LogP contribution >= 0.6 is 11.8 Å². The van der Waals surface area contributed by atoms with E-state index in [0.29, 0.717) is 23.3 Å². The second-order valence-electron chi connectivity index (χ2n) is 4.58. The van der Waals surface area contributed by atoms with Crippen LogP contribution in [0.3, 0.4) is 0 Å². The third-order valence-corrected chi connectivity index (χ3v) is 3.30. The van der Waals surface area contributed by atoms with Crippen LogP contribution in [0.4, 0.5) is 0 Å². The quantitative estimate of drug-likeness (QED) is 0.624. The van der Waals surface area contributed by atoms with Crippen LogP contribution in [0.1, 0.15) is 20.3 Å². The summed E-state index contributed by atoms with van der Waals surface area (Å²) in [5.41, 5.74) is -0.338. The Morgan fingerprint density at radius 2 is 2.16 bits per heavy atom. The minimum atomic E-state index is -0.687. The first-order valence-electron chi connectivity index (χ1n) is 5.97. The van der Waals surface area contributed by atoms with Gasteiger partial charge >= 0.3 is 11.4 Å². The fourth-order valence-electron chi connectivity index (χ4n) is 1.67. The highest BCUT2D eigenvalue weighted by Crippen LogP contribution is 2.12. The van der Waals surface area contributed by atoms with E-state index < -0.39 is 11.4 Å². The van der Waals surface area contributed by atoms with Gasteiger partial charge in [0, 0.05) is 12.7 Å². The predicted octanol–water partition coefficient (Wildman–Crippen LogP) is 1.51. The number of rotatable bonds is 4. The third-order valence-electron chi connectivity index (χ3n) is 2.74. The molecule has 0 aliphatic carbocycles. The largest absolute Gasteiger partial charge is 0.423 e. The van der Waals surface area contributed by atoms with E-state index in [9.17, 15) is 9.59 Å². The van der Waals surface area contributed by atoms with Crippen LogP contribution < -0.4 is 11.4 Å². The number of thioether (sulfide) groups is 1. The minimum Gasteiger partial charge on any atom is -0.372 e. The first-order valence-corrected chi connectivity index (χ1v) is 7.20. The molecule has 2 heterocycles. The Labute approximate surface area is 113 Å². The van der Waals surface area contributed by atoms with E-state index in [0.717, 1.165) is 6.42 Å². The van der Waals surface area contributed by atoms with Gasteiger partial charge in [0.05, 0.1) is 0 Å². The first-order chi connectivity index (χ1) is 9.02. The van der Waals surface area contributed by atoms with Gasteiger partial charge in [0.15, 0.2) is 10.8 Å². The van der Waals surface area contributed by atoms with Crippen molar-refractivity contribution in [2.45, 2.75) is 32.0 Å². The molecule has 0 saturated heterocycles. The molecule has 0 atom stereocenters. The van der Waals surface area contributed by atoms with E-state index in [4.69, 9.17) is 4.42 Å². The van der Waals surface area contributed by atoms with Crippen LogP contribution in [-0.4, -0.2) is 20.8 Å². The van der Waals surface area contributed by atoms with Gasteiger partial charge in [-0.2, -0.15) is 0 Å². The summed E-state index contributed by atoms with van der Waals surface area (Å²) in [5, 5.41) is 0.761. The lowest BCUT2D eigenvalue weighted by Gasteiger charge is -2.09. The Morgan fingerprint density at radius 3 is 2.79 bits per heavy atom. The topological polar surface area (TPSA) is 78.0 Å². The van der Waals surface area contributed by atoms with Gasteiger partial charge in [0.2, 0.25) is 0 Å². The van der Waals surface area contributed by atoms with Crippen molar-refractivity contribution >= 4 is 22.8 Å². The number of aromatic nitrogens is 3. The molecule has 0 saturated carbocycles. The number of hydrogen-bond acceptors (Lipinski definition) is 6. The molecule has 0 aliphatic rings. The zero-order valence-electron chi connectivity index (χ0n) is 11.0. The van der Waals surface area contributed by atoms with Crippen LogP contribution in [-0.2, 0) is 6.54 Å². The summed E-state index contributed by atoms with van der Waals surface area (Å²) in [6.07, 6.45) is 4.05. The Kier molecular flexibility index (Phi) is 4.04. The molecule has 102 valence electrons. The van der Waals surface area contributed by atoms with Crippen LogP contribution in [0.2, 0.25) is 0 Å². The summed E-state index contributed by atoms with van der Waals surface area (Å²) in [4.78, 5) is 31.7. The van der Waals surface area contributed by atoms with Crippen molar-refractivity contribution in [3.8, 4) is 0 Å². The maximum Gasteiger partial charge on any atom is 0.423 e. The molecule has 2 rings (SSSR count). The molecule has 0 spiro atoms. The third kappa shape index (κ3) is 2.86. The van der Waals surface area contributed by atoms with Gasteiger partial charge in [-0.25, -0.2) is 19.6 Å². The number of hydrogen-bond donors (Lipinski definition) is 0. The van der Waals surface area contributed by atoms with E-state index in [1.165, 1.54) is 22.5 Å². The summed E-state index contributed by atoms with van der Waals surface area (Å²) < 4.78 is 6.09. The summed E-state index contributed by atoms with van der Waals surface area (Å²) in [5.74, 6) is -0.223. The standard InChI is InChI=1S/C12H15N3O3S/c1-7(2)4-5-15-9-8(10(16)18-12(15)17)6-13-11(14-9)19-3/h6-7H,4-5H2,1-3H3. The predicted molar refractivity (Wildman–Crippen MR) is 73.6 cm³/mol. The molecular weight excluding hydrogens is 266 g/mol. The molecule has 2 aromatic heterocycles. The highest BCUT2D eigenvalue weighted by atomic mass is 32.2. The zero-order chi connectivity index (χ0) is 14.0. The minimum absolute atomic E-state index is 0.237. The highest BCUT2D eigenvalue weighted by Gasteiger charge is 2.12. The van der Waals surface area contributed by atoms with E-state index >= 15 is 0 Å². The molecule has 0 amide bonds. The summed E-state index contributed by atoms with van der Waals surface area (Å²) in [7, 11) is 0. The van der Waals surface area contributed by atoms with Crippen molar-refractivity contribution in [3.05, 3.63) is 27.2 Å². The fraction of sp³-hybridized carbons (Fsp3) is 0.500. The second-order valence-corrected chi connectivity index (χ2v) is 5.36. The van der Waals surface area contributed by atoms with Crippen molar-refractivity contribution in [2.75, 3.05) is 6.26 Å². The molecule has 0 fully saturated rings. The van der Waals surface area contributed by atoms with Crippen molar-refractivity contribution in [1.82, 2.24) is 14.5 Å². The smallest absolute Gasteiger partial charge is 0.372 e. The molecule has 0 aliphatic heterocycles. The molecule has 0 bridgehead atoms. The van der Waals surface area contributed by atoms with Crippen LogP contribution in [0.5, 0.6) is 0 Å². The normalized spacial score (nSPS) is 11.4. The zero-order valence-corrected chi connectivity index (χ0v) is 11.9. The number of fused-ring (bicyclic) bond motifs is 1. The van der Waals surface area contributed by atoms with Crippen molar-refractivity contribution in [3.63, 3.8) is 0 Å². The molecule has 7 heteroatoms. The maximum absolute atomic E-state index is 11.8. The molecule has 19 heavy (non-hydrogen) atoms. The lowest BCUT2D eigenvalue weighted by Crippen LogP contribution is -2.26. The summed E-state index contributed by atoms with van der Waals surface area (Å²) in [6, 6.07) is 0. The molecule has 0 unspecified atom stereocenters. The molecular formula is C12H15N3O3S. The highest BCUT2D eigenvalue weighted by molar-refractivity contribution is 7.98.